The number of anilines is 2. The van der Waals surface area contributed by atoms with Crippen molar-refractivity contribution in [1.29, 1.82) is 0 Å². The molecule has 0 saturated carbocycles. The molecule has 1 fully saturated rings. The number of ether oxygens (including phenoxy) is 1. The Kier molecular flexibility index (Phi) is 5.94. The molecule has 1 aliphatic rings. The molecule has 1 heterocycles. The van der Waals surface area contributed by atoms with E-state index in [2.05, 4.69) is 10.0 Å². The molecule has 0 aliphatic carbocycles. The van der Waals surface area contributed by atoms with Crippen molar-refractivity contribution < 1.29 is 22.7 Å². The second-order valence-corrected chi connectivity index (χ2v) is 8.00. The molecule has 0 aromatic heterocycles. The molecule has 0 unspecified atom stereocenters. The minimum absolute atomic E-state index is 0.0155. The molecular formula is C14H19N3O5S2. The van der Waals surface area contributed by atoms with Crippen LogP contribution in [0.1, 0.15) is 6.92 Å². The molecule has 1 aromatic rings. The van der Waals surface area contributed by atoms with Crippen LogP contribution in [0.2, 0.25) is 0 Å². The molecule has 0 radical (unpaired) electrons. The Morgan fingerprint density at radius 2 is 2.17 bits per heavy atom. The van der Waals surface area contributed by atoms with Crippen LogP contribution in [0.5, 0.6) is 5.75 Å². The molecule has 132 valence electrons. The number of nitrogens with zero attached hydrogens (tertiary/aromatic N) is 1. The first kappa shape index (κ1) is 18.4. The van der Waals surface area contributed by atoms with Crippen LogP contribution in [0.3, 0.4) is 0 Å². The van der Waals surface area contributed by atoms with Crippen molar-refractivity contribution in [3.63, 3.8) is 0 Å². The standard InChI is InChI=1S/C14H19N3O5S2/c1-3-24(20,21)16-11-5-4-10(6-12(11)22-2)15-13(18)7-17-9-23-8-14(17)19/h4-6,16H,3,7-9H2,1-2H3,(H,15,18). The number of benzene rings is 1. The number of nitrogens with one attached hydrogen (secondary N) is 2. The van der Waals surface area contributed by atoms with Gasteiger partial charge in [0.05, 0.1) is 30.2 Å². The van der Waals surface area contributed by atoms with Crippen LogP contribution in [0.15, 0.2) is 18.2 Å². The van der Waals surface area contributed by atoms with E-state index in [0.717, 1.165) is 0 Å². The van der Waals surface area contributed by atoms with E-state index in [4.69, 9.17) is 4.74 Å². The lowest BCUT2D eigenvalue weighted by Gasteiger charge is -2.15. The van der Waals surface area contributed by atoms with Crippen molar-refractivity contribution in [2.75, 3.05) is 41.1 Å². The third-order valence-electron chi connectivity index (χ3n) is 3.29. The third kappa shape index (κ3) is 4.78. The van der Waals surface area contributed by atoms with Gasteiger partial charge < -0.3 is 15.0 Å². The lowest BCUT2D eigenvalue weighted by Crippen LogP contribution is -2.34. The topological polar surface area (TPSA) is 105 Å². The predicted octanol–water partition coefficient (Wildman–Crippen LogP) is 0.928. The summed E-state index contributed by atoms with van der Waals surface area (Å²) in [5.74, 6) is 0.751. The Labute approximate surface area is 145 Å². The van der Waals surface area contributed by atoms with E-state index >= 15 is 0 Å². The number of hydrogen-bond acceptors (Lipinski definition) is 6. The van der Waals surface area contributed by atoms with E-state index < -0.39 is 10.0 Å². The van der Waals surface area contributed by atoms with Gasteiger partial charge in [0.2, 0.25) is 21.8 Å². The Morgan fingerprint density at radius 3 is 2.75 bits per heavy atom. The van der Waals surface area contributed by atoms with Gasteiger partial charge in [0, 0.05) is 11.8 Å². The van der Waals surface area contributed by atoms with Crippen LogP contribution in [0.25, 0.3) is 0 Å². The number of thioether (sulfide) groups is 1. The Bertz CT molecular complexity index is 736. The fourth-order valence-corrected chi connectivity index (χ4v) is 3.56. The maximum atomic E-state index is 12.0. The third-order valence-corrected chi connectivity index (χ3v) is 5.53. The summed E-state index contributed by atoms with van der Waals surface area (Å²) in [4.78, 5) is 25.0. The molecule has 1 aromatic carbocycles. The van der Waals surface area contributed by atoms with E-state index in [1.807, 2.05) is 0 Å². The number of rotatable bonds is 7. The van der Waals surface area contributed by atoms with Crippen molar-refractivity contribution in [3.05, 3.63) is 18.2 Å². The van der Waals surface area contributed by atoms with Crippen LogP contribution in [0.4, 0.5) is 11.4 Å². The zero-order valence-corrected chi connectivity index (χ0v) is 15.0. The van der Waals surface area contributed by atoms with Crippen LogP contribution >= 0.6 is 11.8 Å². The summed E-state index contributed by atoms with van der Waals surface area (Å²) < 4.78 is 30.9. The van der Waals surface area contributed by atoms with Gasteiger partial charge in [-0.2, -0.15) is 0 Å². The highest BCUT2D eigenvalue weighted by Gasteiger charge is 2.23. The van der Waals surface area contributed by atoms with E-state index in [9.17, 15) is 18.0 Å². The van der Waals surface area contributed by atoms with Gasteiger partial charge in [0.15, 0.2) is 0 Å². The average Bonchev–Trinajstić information content (AvgIpc) is 2.93. The maximum absolute atomic E-state index is 12.0. The maximum Gasteiger partial charge on any atom is 0.244 e. The number of carbonyl (C=O) groups is 2. The number of carbonyl (C=O) groups excluding carboxylic acids is 2. The van der Waals surface area contributed by atoms with Crippen LogP contribution in [-0.4, -0.2) is 56.2 Å². The average molecular weight is 373 g/mol. The normalized spacial score (nSPS) is 14.6. The highest BCUT2D eigenvalue weighted by Crippen LogP contribution is 2.29. The second-order valence-electron chi connectivity index (χ2n) is 5.04. The largest absolute Gasteiger partial charge is 0.494 e. The summed E-state index contributed by atoms with van der Waals surface area (Å²) >= 11 is 1.47. The lowest BCUT2D eigenvalue weighted by molar-refractivity contribution is -0.130. The Morgan fingerprint density at radius 1 is 1.42 bits per heavy atom. The van der Waals surface area contributed by atoms with Crippen molar-refractivity contribution in [1.82, 2.24) is 4.90 Å². The molecule has 0 bridgehead atoms. The SMILES string of the molecule is CCS(=O)(=O)Nc1ccc(NC(=O)CN2CSCC2=O)cc1OC. The van der Waals surface area contributed by atoms with Gasteiger partial charge in [-0.1, -0.05) is 0 Å². The molecule has 24 heavy (non-hydrogen) atoms. The predicted molar refractivity (Wildman–Crippen MR) is 93.7 cm³/mol. The molecule has 8 nitrogen and oxygen atoms in total. The molecule has 0 atom stereocenters. The van der Waals surface area contributed by atoms with Gasteiger partial charge in [0.1, 0.15) is 12.3 Å². The van der Waals surface area contributed by atoms with Gasteiger partial charge in [-0.05, 0) is 19.1 Å². The van der Waals surface area contributed by atoms with Crippen LogP contribution in [0, 0.1) is 0 Å². The van der Waals surface area contributed by atoms with E-state index in [-0.39, 0.29) is 29.9 Å². The molecule has 1 aliphatic heterocycles. The smallest absolute Gasteiger partial charge is 0.244 e. The number of sulfonamides is 1. The quantitative estimate of drug-likeness (QED) is 0.737. The summed E-state index contributed by atoms with van der Waals surface area (Å²) in [6.45, 7) is 1.51. The first-order valence-corrected chi connectivity index (χ1v) is 9.99. The molecule has 2 N–H and O–H groups in total. The molecule has 1 saturated heterocycles. The summed E-state index contributed by atoms with van der Waals surface area (Å²) in [6.07, 6.45) is 0. The number of amides is 2. The molecule has 2 rings (SSSR count). The highest BCUT2D eigenvalue weighted by molar-refractivity contribution is 8.00. The minimum atomic E-state index is -3.43. The van der Waals surface area contributed by atoms with Gasteiger partial charge in [-0.25, -0.2) is 8.42 Å². The molecule has 0 spiro atoms. The first-order chi connectivity index (χ1) is 11.3. The fraction of sp³-hybridized carbons (Fsp3) is 0.429. The van der Waals surface area contributed by atoms with Gasteiger partial charge in [-0.15, -0.1) is 11.8 Å². The summed E-state index contributed by atoms with van der Waals surface area (Å²) in [6, 6.07) is 4.60. The summed E-state index contributed by atoms with van der Waals surface area (Å²) in [7, 11) is -2.02. The monoisotopic (exact) mass is 373 g/mol. The Balaban J connectivity index is 2.06. The molecule has 10 heteroatoms. The number of methoxy groups -OCH3 is 1. The van der Waals surface area contributed by atoms with Crippen molar-refractivity contribution in [2.45, 2.75) is 6.92 Å². The van der Waals surface area contributed by atoms with Crippen LogP contribution < -0.4 is 14.8 Å². The zero-order chi connectivity index (χ0) is 17.7. The summed E-state index contributed by atoms with van der Waals surface area (Å²) in [5, 5.41) is 2.67. The first-order valence-electron chi connectivity index (χ1n) is 7.18. The zero-order valence-electron chi connectivity index (χ0n) is 13.4. The molecular weight excluding hydrogens is 354 g/mol. The summed E-state index contributed by atoms with van der Waals surface area (Å²) in [5.41, 5.74) is 0.749. The van der Waals surface area contributed by atoms with Crippen molar-refractivity contribution in [2.24, 2.45) is 0 Å². The lowest BCUT2D eigenvalue weighted by atomic mass is 10.2. The highest BCUT2D eigenvalue weighted by atomic mass is 32.2. The van der Waals surface area contributed by atoms with E-state index in [1.54, 1.807) is 6.07 Å². The number of hydrogen-bond donors (Lipinski definition) is 2. The van der Waals surface area contributed by atoms with Gasteiger partial charge in [0.25, 0.3) is 0 Å². The van der Waals surface area contributed by atoms with E-state index in [0.29, 0.717) is 23.0 Å². The Hall–Kier alpha value is -1.94. The van der Waals surface area contributed by atoms with E-state index in [1.165, 1.54) is 42.8 Å². The van der Waals surface area contributed by atoms with Gasteiger partial charge in [-0.3, -0.25) is 14.3 Å². The van der Waals surface area contributed by atoms with Crippen molar-refractivity contribution >= 4 is 45.0 Å². The second kappa shape index (κ2) is 7.75. The van der Waals surface area contributed by atoms with Crippen molar-refractivity contribution in [3.8, 4) is 5.75 Å². The molecule has 2 amide bonds. The van der Waals surface area contributed by atoms with Gasteiger partial charge >= 0.3 is 0 Å². The fourth-order valence-electron chi connectivity index (χ4n) is 2.01. The minimum Gasteiger partial charge on any atom is -0.494 e. The van der Waals surface area contributed by atoms with Crippen LogP contribution in [-0.2, 0) is 19.6 Å².